The van der Waals surface area contributed by atoms with Gasteiger partial charge in [0, 0.05) is 24.0 Å². The van der Waals surface area contributed by atoms with Gasteiger partial charge >= 0.3 is 5.97 Å². The summed E-state index contributed by atoms with van der Waals surface area (Å²) in [7, 11) is 0. The van der Waals surface area contributed by atoms with Crippen molar-refractivity contribution in [3.8, 4) is 0 Å². The minimum absolute atomic E-state index is 0.0406. The molecule has 1 fully saturated rings. The molecule has 0 saturated carbocycles. The molecule has 0 spiro atoms. The van der Waals surface area contributed by atoms with Crippen LogP contribution in [0.4, 0.5) is 5.69 Å². The van der Waals surface area contributed by atoms with E-state index < -0.39 is 12.0 Å². The highest BCUT2D eigenvalue weighted by atomic mass is 32.2. The lowest BCUT2D eigenvalue weighted by molar-refractivity contribution is -0.140. The van der Waals surface area contributed by atoms with E-state index in [9.17, 15) is 9.59 Å². The fraction of sp³-hybridized carbons (Fsp3) is 0.467. The minimum atomic E-state index is -0.777. The first-order chi connectivity index (χ1) is 10.6. The zero-order chi connectivity index (χ0) is 15.5. The molecule has 2 atom stereocenters. The van der Waals surface area contributed by atoms with Crippen LogP contribution in [0.25, 0.3) is 0 Å². The topological polar surface area (TPSA) is 90.5 Å². The van der Waals surface area contributed by atoms with Gasteiger partial charge in [0.2, 0.25) is 5.91 Å². The van der Waals surface area contributed by atoms with Gasteiger partial charge in [0.1, 0.15) is 6.04 Å². The van der Waals surface area contributed by atoms with Crippen LogP contribution < -0.4 is 16.0 Å². The third kappa shape index (κ3) is 3.60. The third-order valence-electron chi connectivity index (χ3n) is 3.98. The number of benzene rings is 1. The first-order valence-corrected chi connectivity index (χ1v) is 8.35. The van der Waals surface area contributed by atoms with Gasteiger partial charge in [-0.25, -0.2) is 0 Å². The van der Waals surface area contributed by atoms with E-state index >= 15 is 0 Å². The Bertz CT molecular complexity index is 585. The molecule has 1 amide bonds. The maximum atomic E-state index is 11.4. The van der Waals surface area contributed by atoms with Crippen molar-refractivity contribution in [1.82, 2.24) is 10.6 Å². The summed E-state index contributed by atoms with van der Waals surface area (Å²) >= 11 is 1.56. The van der Waals surface area contributed by atoms with Gasteiger partial charge in [0.15, 0.2) is 0 Å². The van der Waals surface area contributed by atoms with Gasteiger partial charge in [-0.1, -0.05) is 6.07 Å². The van der Waals surface area contributed by atoms with Crippen molar-refractivity contribution in [2.45, 2.75) is 36.4 Å². The Hall–Kier alpha value is -1.57. The van der Waals surface area contributed by atoms with Crippen LogP contribution in [0.1, 0.15) is 18.4 Å². The molecule has 22 heavy (non-hydrogen) atoms. The molecule has 2 heterocycles. The third-order valence-corrected chi connectivity index (χ3v) is 5.06. The fourth-order valence-corrected chi connectivity index (χ4v) is 3.53. The van der Waals surface area contributed by atoms with E-state index in [0.29, 0.717) is 25.3 Å². The Kier molecular flexibility index (Phi) is 4.66. The maximum absolute atomic E-state index is 11.4. The Morgan fingerprint density at radius 3 is 3.00 bits per heavy atom. The van der Waals surface area contributed by atoms with Crippen molar-refractivity contribution in [2.75, 3.05) is 17.6 Å². The van der Waals surface area contributed by atoms with Crippen molar-refractivity contribution in [1.29, 1.82) is 0 Å². The van der Waals surface area contributed by atoms with Crippen molar-refractivity contribution in [2.24, 2.45) is 0 Å². The van der Waals surface area contributed by atoms with E-state index in [1.54, 1.807) is 11.8 Å². The monoisotopic (exact) mass is 321 g/mol. The zero-order valence-electron chi connectivity index (χ0n) is 12.1. The summed E-state index contributed by atoms with van der Waals surface area (Å²) in [6.45, 7) is 1.37. The second-order valence-corrected chi connectivity index (χ2v) is 6.64. The second kappa shape index (κ2) is 6.68. The fourth-order valence-electron chi connectivity index (χ4n) is 2.74. The average molecular weight is 321 g/mol. The highest BCUT2D eigenvalue weighted by Crippen LogP contribution is 2.31. The van der Waals surface area contributed by atoms with Crippen LogP contribution >= 0.6 is 11.8 Å². The molecule has 2 aliphatic heterocycles. The van der Waals surface area contributed by atoms with Crippen LogP contribution in [0.5, 0.6) is 0 Å². The molecule has 0 bridgehead atoms. The lowest BCUT2D eigenvalue weighted by Crippen LogP contribution is -2.50. The van der Waals surface area contributed by atoms with Gasteiger partial charge < -0.3 is 21.1 Å². The molecule has 0 aliphatic carbocycles. The first-order valence-electron chi connectivity index (χ1n) is 7.37. The van der Waals surface area contributed by atoms with Crippen molar-refractivity contribution >= 4 is 29.3 Å². The van der Waals surface area contributed by atoms with Crippen molar-refractivity contribution < 1.29 is 14.7 Å². The Morgan fingerprint density at radius 1 is 1.41 bits per heavy atom. The molecule has 118 valence electrons. The number of fused-ring (bicyclic) bond motifs is 1. The van der Waals surface area contributed by atoms with E-state index in [1.807, 2.05) is 12.1 Å². The summed E-state index contributed by atoms with van der Waals surface area (Å²) in [5.41, 5.74) is 2.00. The standard InChI is InChI=1S/C15H19N3O3S/c19-14-8-22-13-4-1-9(5-12(13)18-14)6-16-10-2-3-11(15(20)21)17-7-10/h1,4-5,10-11,16-17H,2-3,6-8H2,(H,18,19)(H,20,21)/t10?,11-/m0/s1. The molecule has 1 aromatic rings. The molecular weight excluding hydrogens is 302 g/mol. The number of piperidine rings is 1. The number of amides is 1. The quantitative estimate of drug-likeness (QED) is 0.662. The number of hydrogen-bond donors (Lipinski definition) is 4. The van der Waals surface area contributed by atoms with Crippen LogP contribution in [-0.2, 0) is 16.1 Å². The molecule has 4 N–H and O–H groups in total. The van der Waals surface area contributed by atoms with Crippen LogP contribution in [-0.4, -0.2) is 41.4 Å². The molecule has 1 aromatic carbocycles. The predicted octanol–water partition coefficient (Wildman–Crippen LogP) is 1.03. The number of hydrogen-bond acceptors (Lipinski definition) is 5. The molecule has 0 radical (unpaired) electrons. The summed E-state index contributed by atoms with van der Waals surface area (Å²) in [6, 6.07) is 5.95. The number of carboxylic acids is 1. The number of carbonyl (C=O) groups excluding carboxylic acids is 1. The van der Waals surface area contributed by atoms with Gasteiger partial charge in [-0.3, -0.25) is 9.59 Å². The number of thioether (sulfide) groups is 1. The summed E-state index contributed by atoms with van der Waals surface area (Å²) in [6.07, 6.45) is 1.49. The Balaban J connectivity index is 1.53. The minimum Gasteiger partial charge on any atom is -0.480 e. The van der Waals surface area contributed by atoms with Gasteiger partial charge in [-0.05, 0) is 30.5 Å². The Morgan fingerprint density at radius 2 is 2.27 bits per heavy atom. The number of anilines is 1. The molecular formula is C15H19N3O3S. The summed E-state index contributed by atoms with van der Waals surface area (Å²) in [4.78, 5) is 23.4. The van der Waals surface area contributed by atoms with E-state index in [1.165, 1.54) is 0 Å². The van der Waals surface area contributed by atoms with Crippen LogP contribution in [0.3, 0.4) is 0 Å². The molecule has 6 nitrogen and oxygen atoms in total. The number of carbonyl (C=O) groups is 2. The number of aliphatic carboxylic acids is 1. The first kappa shape index (κ1) is 15.3. The maximum Gasteiger partial charge on any atom is 0.320 e. The predicted molar refractivity (Wildman–Crippen MR) is 85.1 cm³/mol. The summed E-state index contributed by atoms with van der Waals surface area (Å²) in [5.74, 6) is -0.261. The van der Waals surface area contributed by atoms with Gasteiger partial charge in [-0.2, -0.15) is 0 Å². The molecule has 7 heteroatoms. The summed E-state index contributed by atoms with van der Waals surface area (Å²) < 4.78 is 0. The van der Waals surface area contributed by atoms with Gasteiger partial charge in [-0.15, -0.1) is 11.8 Å². The van der Waals surface area contributed by atoms with E-state index in [-0.39, 0.29) is 11.9 Å². The number of carboxylic acid groups (broad SMARTS) is 1. The van der Waals surface area contributed by atoms with Crippen molar-refractivity contribution in [3.05, 3.63) is 23.8 Å². The Labute approximate surface area is 133 Å². The summed E-state index contributed by atoms with van der Waals surface area (Å²) in [5, 5.41) is 18.3. The van der Waals surface area contributed by atoms with Crippen LogP contribution in [0.15, 0.2) is 23.1 Å². The smallest absolute Gasteiger partial charge is 0.320 e. The molecule has 1 saturated heterocycles. The van der Waals surface area contributed by atoms with E-state index in [4.69, 9.17) is 5.11 Å². The second-order valence-electron chi connectivity index (χ2n) is 5.62. The normalized spacial score (nSPS) is 24.5. The lowest BCUT2D eigenvalue weighted by Gasteiger charge is -2.28. The SMILES string of the molecule is O=C1CSc2ccc(CNC3CC[C@@H](C(=O)O)NC3)cc2N1. The number of rotatable bonds is 4. The van der Waals surface area contributed by atoms with Gasteiger partial charge in [0.25, 0.3) is 0 Å². The lowest BCUT2D eigenvalue weighted by atomic mass is 10.0. The molecule has 0 aromatic heterocycles. The largest absolute Gasteiger partial charge is 0.480 e. The van der Waals surface area contributed by atoms with E-state index in [2.05, 4.69) is 22.0 Å². The average Bonchev–Trinajstić information content (AvgIpc) is 2.53. The molecule has 2 aliphatic rings. The highest BCUT2D eigenvalue weighted by Gasteiger charge is 2.24. The molecule has 1 unspecified atom stereocenters. The van der Waals surface area contributed by atoms with Crippen molar-refractivity contribution in [3.63, 3.8) is 0 Å². The zero-order valence-corrected chi connectivity index (χ0v) is 12.9. The number of nitrogens with one attached hydrogen (secondary N) is 3. The molecule has 3 rings (SSSR count). The van der Waals surface area contributed by atoms with E-state index in [0.717, 1.165) is 22.6 Å². The van der Waals surface area contributed by atoms with Crippen LogP contribution in [0.2, 0.25) is 0 Å². The van der Waals surface area contributed by atoms with Crippen LogP contribution in [0, 0.1) is 0 Å². The highest BCUT2D eigenvalue weighted by molar-refractivity contribution is 8.00. The van der Waals surface area contributed by atoms with Gasteiger partial charge in [0.05, 0.1) is 11.4 Å².